The standard InChI is InChI=1S/C17H27N3O2/c1-19(2)16-9-6-11-20(13-16)17(21)18-10-12-22-14-15-7-4-3-5-8-15/h3-5,7-8,16H,6,9-14H2,1-2H3,(H,18,21). The third-order valence-electron chi connectivity index (χ3n) is 4.05. The summed E-state index contributed by atoms with van der Waals surface area (Å²) in [5.74, 6) is 0. The normalized spacial score (nSPS) is 18.5. The first kappa shape index (κ1) is 16.8. The molecule has 122 valence electrons. The zero-order valence-corrected chi connectivity index (χ0v) is 13.6. The average molecular weight is 305 g/mol. The zero-order chi connectivity index (χ0) is 15.8. The van der Waals surface area contributed by atoms with Crippen molar-refractivity contribution in [2.24, 2.45) is 0 Å². The SMILES string of the molecule is CN(C)C1CCCN(C(=O)NCCOCc2ccccc2)C1. The molecule has 5 nitrogen and oxygen atoms in total. The number of likely N-dealkylation sites (tertiary alicyclic amines) is 1. The molecule has 2 amide bonds. The summed E-state index contributed by atoms with van der Waals surface area (Å²) < 4.78 is 5.58. The summed E-state index contributed by atoms with van der Waals surface area (Å²) in [6.07, 6.45) is 2.23. The molecule has 0 saturated carbocycles. The van der Waals surface area contributed by atoms with Crippen LogP contribution in [0.1, 0.15) is 18.4 Å². The van der Waals surface area contributed by atoms with Gasteiger partial charge in [-0.1, -0.05) is 30.3 Å². The Hall–Kier alpha value is -1.59. The largest absolute Gasteiger partial charge is 0.375 e. The number of piperidine rings is 1. The van der Waals surface area contributed by atoms with Gasteiger partial charge in [-0.2, -0.15) is 0 Å². The Balaban J connectivity index is 1.61. The third-order valence-corrected chi connectivity index (χ3v) is 4.05. The van der Waals surface area contributed by atoms with Crippen molar-refractivity contribution in [3.8, 4) is 0 Å². The third kappa shape index (κ3) is 5.31. The van der Waals surface area contributed by atoms with Crippen molar-refractivity contribution in [2.75, 3.05) is 40.3 Å². The molecule has 0 radical (unpaired) electrons. The summed E-state index contributed by atoms with van der Waals surface area (Å²) in [5, 5.41) is 2.94. The summed E-state index contributed by atoms with van der Waals surface area (Å²) in [7, 11) is 4.15. The summed E-state index contributed by atoms with van der Waals surface area (Å²) >= 11 is 0. The highest BCUT2D eigenvalue weighted by Gasteiger charge is 2.24. The Kier molecular flexibility index (Phi) is 6.68. The van der Waals surface area contributed by atoms with Crippen LogP contribution in [-0.2, 0) is 11.3 Å². The predicted molar refractivity (Wildman–Crippen MR) is 87.8 cm³/mol. The van der Waals surface area contributed by atoms with E-state index in [4.69, 9.17) is 4.74 Å². The Bertz CT molecular complexity index is 450. The van der Waals surface area contributed by atoms with E-state index in [0.717, 1.165) is 31.5 Å². The molecule has 5 heteroatoms. The van der Waals surface area contributed by atoms with Gasteiger partial charge in [0.05, 0.1) is 13.2 Å². The lowest BCUT2D eigenvalue weighted by atomic mass is 10.1. The van der Waals surface area contributed by atoms with Crippen LogP contribution in [0.4, 0.5) is 4.79 Å². The molecule has 1 fully saturated rings. The molecule has 0 aliphatic carbocycles. The maximum atomic E-state index is 12.1. The van der Waals surface area contributed by atoms with E-state index in [-0.39, 0.29) is 6.03 Å². The molecule has 1 aliphatic heterocycles. The molecule has 1 unspecified atom stereocenters. The van der Waals surface area contributed by atoms with Crippen LogP contribution in [0.15, 0.2) is 30.3 Å². The number of amides is 2. The summed E-state index contributed by atoms with van der Waals surface area (Å²) in [5.41, 5.74) is 1.15. The van der Waals surface area contributed by atoms with Crippen molar-refractivity contribution in [1.82, 2.24) is 15.1 Å². The van der Waals surface area contributed by atoms with Gasteiger partial charge >= 0.3 is 6.03 Å². The van der Waals surface area contributed by atoms with Crippen molar-refractivity contribution in [3.63, 3.8) is 0 Å². The minimum Gasteiger partial charge on any atom is -0.375 e. The number of hydrogen-bond donors (Lipinski definition) is 1. The maximum absolute atomic E-state index is 12.1. The molecule has 1 aromatic rings. The molecule has 1 aliphatic rings. The number of carbonyl (C=O) groups excluding carboxylic acids is 1. The van der Waals surface area contributed by atoms with Crippen LogP contribution in [0.2, 0.25) is 0 Å². The van der Waals surface area contributed by atoms with E-state index >= 15 is 0 Å². The van der Waals surface area contributed by atoms with Crippen molar-refractivity contribution in [1.29, 1.82) is 0 Å². The number of urea groups is 1. The number of nitrogens with zero attached hydrogens (tertiary/aromatic N) is 2. The molecule has 2 rings (SSSR count). The van der Waals surface area contributed by atoms with Crippen molar-refractivity contribution >= 4 is 6.03 Å². The number of hydrogen-bond acceptors (Lipinski definition) is 3. The van der Waals surface area contributed by atoms with Crippen LogP contribution in [0, 0.1) is 0 Å². The minimum atomic E-state index is 0.0230. The van der Waals surface area contributed by atoms with Gasteiger partial charge in [0.15, 0.2) is 0 Å². The van der Waals surface area contributed by atoms with Crippen LogP contribution in [0.3, 0.4) is 0 Å². The number of carbonyl (C=O) groups is 1. The second-order valence-corrected chi connectivity index (χ2v) is 5.98. The average Bonchev–Trinajstić information content (AvgIpc) is 2.55. The number of nitrogens with one attached hydrogen (secondary N) is 1. The molecule has 1 saturated heterocycles. The summed E-state index contributed by atoms with van der Waals surface area (Å²) in [6, 6.07) is 10.5. The molecule has 1 heterocycles. The van der Waals surface area contributed by atoms with E-state index in [1.165, 1.54) is 0 Å². The molecular weight excluding hydrogens is 278 g/mol. The van der Waals surface area contributed by atoms with Gasteiger partial charge in [-0.15, -0.1) is 0 Å². The molecule has 0 bridgehead atoms. The van der Waals surface area contributed by atoms with E-state index in [1.54, 1.807) is 0 Å². The number of likely N-dealkylation sites (N-methyl/N-ethyl adjacent to an activating group) is 1. The van der Waals surface area contributed by atoms with E-state index in [1.807, 2.05) is 35.2 Å². The van der Waals surface area contributed by atoms with Gasteiger partial charge in [-0.3, -0.25) is 0 Å². The van der Waals surface area contributed by atoms with Gasteiger partial charge in [0.2, 0.25) is 0 Å². The molecular formula is C17H27N3O2. The quantitative estimate of drug-likeness (QED) is 0.817. The smallest absolute Gasteiger partial charge is 0.317 e. The first-order valence-electron chi connectivity index (χ1n) is 7.97. The van der Waals surface area contributed by atoms with Gasteiger partial charge in [0.25, 0.3) is 0 Å². The van der Waals surface area contributed by atoms with Gasteiger partial charge in [0.1, 0.15) is 0 Å². The molecule has 1 aromatic carbocycles. The fourth-order valence-electron chi connectivity index (χ4n) is 2.67. The van der Waals surface area contributed by atoms with Crippen molar-refractivity contribution in [2.45, 2.75) is 25.5 Å². The molecule has 0 aromatic heterocycles. The predicted octanol–water partition coefficient (Wildman–Crippen LogP) is 1.94. The first-order valence-corrected chi connectivity index (χ1v) is 7.97. The lowest BCUT2D eigenvalue weighted by Crippen LogP contribution is -2.51. The maximum Gasteiger partial charge on any atom is 0.317 e. The molecule has 1 N–H and O–H groups in total. The van der Waals surface area contributed by atoms with E-state index in [9.17, 15) is 4.79 Å². The van der Waals surface area contributed by atoms with Crippen LogP contribution in [-0.4, -0.2) is 62.2 Å². The summed E-state index contributed by atoms with van der Waals surface area (Å²) in [4.78, 5) is 16.2. The van der Waals surface area contributed by atoms with Crippen LogP contribution in [0.25, 0.3) is 0 Å². The van der Waals surface area contributed by atoms with Gasteiger partial charge < -0.3 is 19.9 Å². The molecule has 0 spiro atoms. The Morgan fingerprint density at radius 1 is 1.36 bits per heavy atom. The van der Waals surface area contributed by atoms with Crippen molar-refractivity contribution in [3.05, 3.63) is 35.9 Å². The van der Waals surface area contributed by atoms with E-state index in [0.29, 0.717) is 25.8 Å². The number of benzene rings is 1. The van der Waals surface area contributed by atoms with E-state index < -0.39 is 0 Å². The lowest BCUT2D eigenvalue weighted by molar-refractivity contribution is 0.115. The highest BCUT2D eigenvalue weighted by Crippen LogP contribution is 2.13. The second-order valence-electron chi connectivity index (χ2n) is 5.98. The fraction of sp³-hybridized carbons (Fsp3) is 0.588. The van der Waals surface area contributed by atoms with Gasteiger partial charge in [0, 0.05) is 25.7 Å². The van der Waals surface area contributed by atoms with Crippen LogP contribution >= 0.6 is 0 Å². The summed E-state index contributed by atoms with van der Waals surface area (Å²) in [6.45, 7) is 3.33. The van der Waals surface area contributed by atoms with Gasteiger partial charge in [-0.05, 0) is 32.5 Å². The Labute approximate surface area is 133 Å². The van der Waals surface area contributed by atoms with Gasteiger partial charge in [-0.25, -0.2) is 4.79 Å². The molecule has 22 heavy (non-hydrogen) atoms. The minimum absolute atomic E-state index is 0.0230. The second kappa shape index (κ2) is 8.76. The highest BCUT2D eigenvalue weighted by molar-refractivity contribution is 5.74. The number of rotatable bonds is 6. The first-order chi connectivity index (χ1) is 10.7. The fourth-order valence-corrected chi connectivity index (χ4v) is 2.67. The lowest BCUT2D eigenvalue weighted by Gasteiger charge is -2.36. The monoisotopic (exact) mass is 305 g/mol. The van der Waals surface area contributed by atoms with E-state index in [2.05, 4.69) is 24.3 Å². The Morgan fingerprint density at radius 3 is 2.86 bits per heavy atom. The number of ether oxygens (including phenoxy) is 1. The zero-order valence-electron chi connectivity index (χ0n) is 13.6. The highest BCUT2D eigenvalue weighted by atomic mass is 16.5. The van der Waals surface area contributed by atoms with Crippen molar-refractivity contribution < 1.29 is 9.53 Å². The molecule has 1 atom stereocenters. The van der Waals surface area contributed by atoms with Crippen LogP contribution in [0.5, 0.6) is 0 Å². The Morgan fingerprint density at radius 2 is 2.14 bits per heavy atom. The van der Waals surface area contributed by atoms with Crippen LogP contribution < -0.4 is 5.32 Å². The topological polar surface area (TPSA) is 44.8 Å².